The molecule has 1 atom stereocenters. The van der Waals surface area contributed by atoms with Gasteiger partial charge in [0.2, 0.25) is 5.88 Å². The lowest BCUT2D eigenvalue weighted by Crippen LogP contribution is -2.36. The van der Waals surface area contributed by atoms with Gasteiger partial charge in [-0.05, 0) is 48.4 Å². The molecule has 1 aliphatic heterocycles. The number of para-hydroxylation sites is 1. The maximum absolute atomic E-state index is 13.9. The predicted octanol–water partition coefficient (Wildman–Crippen LogP) is 4.89. The minimum Gasteiger partial charge on any atom is -0.436 e. The van der Waals surface area contributed by atoms with Crippen LogP contribution in [0.5, 0.6) is 11.6 Å². The maximum Gasteiger partial charge on any atom is 0.254 e. The molecule has 0 radical (unpaired) electrons. The standard InChI is InChI=1S/C27H24FN3O3/c28-23-5-1-2-6-25(23)34-26-16-22(9-11-30-26)27(32)31-12-13-33-18-20(17-31)14-19-7-8-24-21(15-19)4-3-10-29-24/h1-11,15-16,20H,12-14,17-18H2. The Morgan fingerprint density at radius 2 is 1.97 bits per heavy atom. The van der Waals surface area contributed by atoms with E-state index in [2.05, 4.69) is 28.2 Å². The smallest absolute Gasteiger partial charge is 0.254 e. The van der Waals surface area contributed by atoms with Crippen molar-refractivity contribution in [3.8, 4) is 11.6 Å². The fourth-order valence-corrected chi connectivity index (χ4v) is 4.19. The summed E-state index contributed by atoms with van der Waals surface area (Å²) in [6.45, 7) is 2.15. The van der Waals surface area contributed by atoms with Crippen LogP contribution < -0.4 is 4.74 Å². The molecule has 1 amide bonds. The summed E-state index contributed by atoms with van der Waals surface area (Å²) in [5, 5.41) is 1.10. The Bertz CT molecular complexity index is 1310. The van der Waals surface area contributed by atoms with Crippen LogP contribution in [-0.2, 0) is 11.2 Å². The molecule has 172 valence electrons. The number of hydrogen-bond acceptors (Lipinski definition) is 5. The molecule has 1 fully saturated rings. The lowest BCUT2D eigenvalue weighted by atomic mass is 9.98. The average Bonchev–Trinajstić information content (AvgIpc) is 3.11. The first-order valence-electron chi connectivity index (χ1n) is 11.2. The van der Waals surface area contributed by atoms with E-state index in [9.17, 15) is 9.18 Å². The van der Waals surface area contributed by atoms with Crippen LogP contribution in [0.2, 0.25) is 0 Å². The zero-order chi connectivity index (χ0) is 23.3. The SMILES string of the molecule is O=C(c1ccnc(Oc2ccccc2F)c1)N1CCOCC(Cc2ccc3ncccc3c2)C1. The number of fused-ring (bicyclic) bond motifs is 1. The fraction of sp³-hybridized carbons (Fsp3) is 0.222. The van der Waals surface area contributed by atoms with Crippen molar-refractivity contribution in [2.75, 3.05) is 26.3 Å². The molecule has 3 heterocycles. The fourth-order valence-electron chi connectivity index (χ4n) is 4.19. The average molecular weight is 458 g/mol. The summed E-state index contributed by atoms with van der Waals surface area (Å²) in [6, 6.07) is 19.5. The van der Waals surface area contributed by atoms with Gasteiger partial charge in [0.1, 0.15) is 0 Å². The molecular formula is C27H24FN3O3. The lowest BCUT2D eigenvalue weighted by Gasteiger charge is -2.24. The molecule has 4 aromatic rings. The first-order valence-corrected chi connectivity index (χ1v) is 11.2. The summed E-state index contributed by atoms with van der Waals surface area (Å²) < 4.78 is 25.3. The number of ether oxygens (including phenoxy) is 2. The summed E-state index contributed by atoms with van der Waals surface area (Å²) in [4.78, 5) is 23.6. The van der Waals surface area contributed by atoms with Gasteiger partial charge in [0, 0.05) is 48.4 Å². The van der Waals surface area contributed by atoms with E-state index in [4.69, 9.17) is 9.47 Å². The normalized spacial score (nSPS) is 16.3. The second-order valence-corrected chi connectivity index (χ2v) is 8.34. The molecule has 2 aromatic heterocycles. The van der Waals surface area contributed by atoms with Gasteiger partial charge in [-0.25, -0.2) is 9.37 Å². The third kappa shape index (κ3) is 5.05. The highest BCUT2D eigenvalue weighted by molar-refractivity contribution is 5.94. The van der Waals surface area contributed by atoms with Crippen LogP contribution >= 0.6 is 0 Å². The Labute approximate surface area is 197 Å². The summed E-state index contributed by atoms with van der Waals surface area (Å²) in [7, 11) is 0. The molecule has 0 saturated carbocycles. The Hall–Kier alpha value is -3.84. The molecular weight excluding hydrogens is 433 g/mol. The van der Waals surface area contributed by atoms with E-state index in [0.717, 1.165) is 17.3 Å². The second-order valence-electron chi connectivity index (χ2n) is 8.34. The van der Waals surface area contributed by atoms with Crippen LogP contribution in [0.15, 0.2) is 79.1 Å². The molecule has 6 nitrogen and oxygen atoms in total. The van der Waals surface area contributed by atoms with Gasteiger partial charge in [0.25, 0.3) is 5.91 Å². The highest BCUT2D eigenvalue weighted by atomic mass is 19.1. The van der Waals surface area contributed by atoms with Crippen molar-refractivity contribution in [2.24, 2.45) is 5.92 Å². The van der Waals surface area contributed by atoms with Gasteiger partial charge in [0.15, 0.2) is 11.6 Å². The molecule has 7 heteroatoms. The summed E-state index contributed by atoms with van der Waals surface area (Å²) >= 11 is 0. The van der Waals surface area contributed by atoms with Crippen LogP contribution in [-0.4, -0.2) is 47.1 Å². The number of amides is 1. The van der Waals surface area contributed by atoms with E-state index < -0.39 is 5.82 Å². The topological polar surface area (TPSA) is 64.5 Å². The molecule has 0 bridgehead atoms. The van der Waals surface area contributed by atoms with E-state index in [0.29, 0.717) is 31.9 Å². The first kappa shape index (κ1) is 22.0. The molecule has 5 rings (SSSR count). The Kier molecular flexibility index (Phi) is 6.44. The van der Waals surface area contributed by atoms with Crippen molar-refractivity contribution in [1.29, 1.82) is 0 Å². The summed E-state index contributed by atoms with van der Waals surface area (Å²) in [5.41, 5.74) is 2.60. The largest absolute Gasteiger partial charge is 0.436 e. The zero-order valence-corrected chi connectivity index (χ0v) is 18.6. The lowest BCUT2D eigenvalue weighted by molar-refractivity contribution is 0.0737. The number of aromatic nitrogens is 2. The number of hydrogen-bond donors (Lipinski definition) is 0. The van der Waals surface area contributed by atoms with Crippen LogP contribution in [0.4, 0.5) is 4.39 Å². The molecule has 1 saturated heterocycles. The molecule has 1 aliphatic rings. The van der Waals surface area contributed by atoms with Crippen LogP contribution in [0.25, 0.3) is 10.9 Å². The van der Waals surface area contributed by atoms with Crippen molar-refractivity contribution in [3.05, 3.63) is 96.1 Å². The number of benzene rings is 2. The van der Waals surface area contributed by atoms with Crippen LogP contribution in [0, 0.1) is 11.7 Å². The highest BCUT2D eigenvalue weighted by Crippen LogP contribution is 2.24. The van der Waals surface area contributed by atoms with Crippen molar-refractivity contribution in [1.82, 2.24) is 14.9 Å². The Balaban J connectivity index is 1.29. The number of carbonyl (C=O) groups excluding carboxylic acids is 1. The zero-order valence-electron chi connectivity index (χ0n) is 18.6. The molecule has 0 aliphatic carbocycles. The number of carbonyl (C=O) groups is 1. The number of halogens is 1. The van der Waals surface area contributed by atoms with Gasteiger partial charge in [-0.2, -0.15) is 0 Å². The summed E-state index contributed by atoms with van der Waals surface area (Å²) in [5.74, 6) is -0.217. The van der Waals surface area contributed by atoms with Gasteiger partial charge >= 0.3 is 0 Å². The minimum absolute atomic E-state index is 0.0634. The summed E-state index contributed by atoms with van der Waals surface area (Å²) in [6.07, 6.45) is 4.08. The third-order valence-corrected chi connectivity index (χ3v) is 5.85. The monoisotopic (exact) mass is 457 g/mol. The predicted molar refractivity (Wildman–Crippen MR) is 126 cm³/mol. The first-order chi connectivity index (χ1) is 16.7. The molecule has 34 heavy (non-hydrogen) atoms. The van der Waals surface area contributed by atoms with Crippen molar-refractivity contribution in [2.45, 2.75) is 6.42 Å². The van der Waals surface area contributed by atoms with E-state index in [1.807, 2.05) is 17.0 Å². The van der Waals surface area contributed by atoms with E-state index >= 15 is 0 Å². The van der Waals surface area contributed by atoms with Crippen molar-refractivity contribution >= 4 is 16.8 Å². The van der Waals surface area contributed by atoms with E-state index in [1.165, 1.54) is 23.9 Å². The molecule has 1 unspecified atom stereocenters. The number of nitrogens with zero attached hydrogens (tertiary/aromatic N) is 3. The van der Waals surface area contributed by atoms with Gasteiger partial charge in [0.05, 0.1) is 18.7 Å². The number of pyridine rings is 2. The van der Waals surface area contributed by atoms with Crippen LogP contribution in [0.1, 0.15) is 15.9 Å². The molecule has 0 spiro atoms. The highest BCUT2D eigenvalue weighted by Gasteiger charge is 2.24. The van der Waals surface area contributed by atoms with Gasteiger partial charge < -0.3 is 14.4 Å². The minimum atomic E-state index is -0.488. The maximum atomic E-state index is 13.9. The van der Waals surface area contributed by atoms with Crippen molar-refractivity contribution in [3.63, 3.8) is 0 Å². The van der Waals surface area contributed by atoms with E-state index in [1.54, 1.807) is 30.5 Å². The van der Waals surface area contributed by atoms with Crippen molar-refractivity contribution < 1.29 is 18.7 Å². The van der Waals surface area contributed by atoms with Gasteiger partial charge in [-0.3, -0.25) is 9.78 Å². The third-order valence-electron chi connectivity index (χ3n) is 5.85. The second kappa shape index (κ2) is 9.97. The number of rotatable bonds is 5. The van der Waals surface area contributed by atoms with Gasteiger partial charge in [-0.15, -0.1) is 0 Å². The van der Waals surface area contributed by atoms with Crippen LogP contribution in [0.3, 0.4) is 0 Å². The Morgan fingerprint density at radius 1 is 1.06 bits per heavy atom. The molecule has 0 N–H and O–H groups in total. The Morgan fingerprint density at radius 3 is 2.88 bits per heavy atom. The molecule has 2 aromatic carbocycles. The van der Waals surface area contributed by atoms with Gasteiger partial charge in [-0.1, -0.05) is 24.3 Å². The quantitative estimate of drug-likeness (QED) is 0.427. The van der Waals surface area contributed by atoms with E-state index in [-0.39, 0.29) is 23.5 Å².